The summed E-state index contributed by atoms with van der Waals surface area (Å²) in [6.07, 6.45) is 4.66. The highest BCUT2D eigenvalue weighted by Crippen LogP contribution is 2.38. The standard InChI is InChI=1S/C14H20O2.C2H6/c1-11-7-9-13(10-8-11)14(16-15)12-5-3-2-4-6-12;1-2/h2-6,11,13-15H,7-10H2,1H3;1-2H3. The summed E-state index contributed by atoms with van der Waals surface area (Å²) < 4.78 is 0. The van der Waals surface area contributed by atoms with Gasteiger partial charge in [0, 0.05) is 0 Å². The first kappa shape index (κ1) is 15.2. The number of hydrogen-bond acceptors (Lipinski definition) is 2. The van der Waals surface area contributed by atoms with Crippen LogP contribution < -0.4 is 0 Å². The third kappa shape index (κ3) is 4.11. The molecule has 18 heavy (non-hydrogen) atoms. The van der Waals surface area contributed by atoms with E-state index in [1.54, 1.807) is 0 Å². The Balaban J connectivity index is 0.000000771. The van der Waals surface area contributed by atoms with Crippen LogP contribution in [0.25, 0.3) is 0 Å². The maximum Gasteiger partial charge on any atom is 0.120 e. The minimum Gasteiger partial charge on any atom is -0.251 e. The Morgan fingerprint density at radius 2 is 1.61 bits per heavy atom. The third-order valence-electron chi connectivity index (χ3n) is 3.73. The van der Waals surface area contributed by atoms with Crippen molar-refractivity contribution in [2.24, 2.45) is 11.8 Å². The second-order valence-electron chi connectivity index (χ2n) is 4.96. The van der Waals surface area contributed by atoms with Crippen molar-refractivity contribution in [1.29, 1.82) is 0 Å². The SMILES string of the molecule is CC.CC1CCC(C(OO)c2ccccc2)CC1. The molecule has 0 spiro atoms. The van der Waals surface area contributed by atoms with Crippen LogP contribution in [0.3, 0.4) is 0 Å². The molecule has 0 bridgehead atoms. The molecule has 2 rings (SSSR count). The van der Waals surface area contributed by atoms with E-state index in [1.165, 1.54) is 12.8 Å². The van der Waals surface area contributed by atoms with Gasteiger partial charge < -0.3 is 0 Å². The Hall–Kier alpha value is -0.860. The molecule has 2 heteroatoms. The van der Waals surface area contributed by atoms with Crippen molar-refractivity contribution < 1.29 is 10.1 Å². The molecule has 0 heterocycles. The lowest BCUT2D eigenvalue weighted by Gasteiger charge is -2.30. The zero-order chi connectivity index (χ0) is 13.4. The van der Waals surface area contributed by atoms with Gasteiger partial charge in [-0.15, -0.1) is 0 Å². The van der Waals surface area contributed by atoms with Crippen molar-refractivity contribution in [1.82, 2.24) is 0 Å². The van der Waals surface area contributed by atoms with Gasteiger partial charge in [0.2, 0.25) is 0 Å². The molecular formula is C16H26O2. The minimum atomic E-state index is -0.145. The van der Waals surface area contributed by atoms with Gasteiger partial charge in [-0.2, -0.15) is 0 Å². The van der Waals surface area contributed by atoms with Gasteiger partial charge in [-0.05, 0) is 30.2 Å². The molecular weight excluding hydrogens is 224 g/mol. The number of hydrogen-bond donors (Lipinski definition) is 1. The van der Waals surface area contributed by atoms with Crippen LogP contribution in [0.5, 0.6) is 0 Å². The molecule has 0 aromatic heterocycles. The normalized spacial score (nSPS) is 24.9. The van der Waals surface area contributed by atoms with E-state index in [0.717, 1.165) is 24.3 Å². The molecule has 2 nitrogen and oxygen atoms in total. The smallest absolute Gasteiger partial charge is 0.120 e. The maximum absolute atomic E-state index is 9.10. The summed E-state index contributed by atoms with van der Waals surface area (Å²) >= 11 is 0. The Morgan fingerprint density at radius 3 is 2.11 bits per heavy atom. The molecule has 1 N–H and O–H groups in total. The first-order valence-corrected chi connectivity index (χ1v) is 7.16. The predicted octanol–water partition coefficient (Wildman–Crippen LogP) is 5.07. The highest BCUT2D eigenvalue weighted by Gasteiger charge is 2.28. The summed E-state index contributed by atoms with van der Waals surface area (Å²) in [4.78, 5) is 4.71. The van der Waals surface area contributed by atoms with Gasteiger partial charge in [0.1, 0.15) is 6.10 Å². The van der Waals surface area contributed by atoms with Crippen molar-refractivity contribution in [3.63, 3.8) is 0 Å². The molecule has 1 fully saturated rings. The molecule has 1 atom stereocenters. The fourth-order valence-electron chi connectivity index (χ4n) is 2.65. The van der Waals surface area contributed by atoms with Gasteiger partial charge in [-0.3, -0.25) is 5.26 Å². The van der Waals surface area contributed by atoms with Crippen LogP contribution >= 0.6 is 0 Å². The Bertz CT molecular complexity index is 302. The zero-order valence-electron chi connectivity index (χ0n) is 11.8. The van der Waals surface area contributed by atoms with Gasteiger partial charge >= 0.3 is 0 Å². The second kappa shape index (κ2) is 8.28. The molecule has 1 aliphatic rings. The zero-order valence-corrected chi connectivity index (χ0v) is 11.8. The summed E-state index contributed by atoms with van der Waals surface area (Å²) in [7, 11) is 0. The van der Waals surface area contributed by atoms with E-state index >= 15 is 0 Å². The van der Waals surface area contributed by atoms with Crippen molar-refractivity contribution >= 4 is 0 Å². The van der Waals surface area contributed by atoms with E-state index < -0.39 is 0 Å². The van der Waals surface area contributed by atoms with Gasteiger partial charge in [-0.25, -0.2) is 4.89 Å². The lowest BCUT2D eigenvalue weighted by atomic mass is 9.78. The van der Waals surface area contributed by atoms with Crippen LogP contribution in [0.2, 0.25) is 0 Å². The molecule has 102 valence electrons. The highest BCUT2D eigenvalue weighted by atomic mass is 17.1. The summed E-state index contributed by atoms with van der Waals surface area (Å²) in [5.41, 5.74) is 1.09. The second-order valence-corrected chi connectivity index (χ2v) is 4.96. The van der Waals surface area contributed by atoms with E-state index in [4.69, 9.17) is 10.1 Å². The van der Waals surface area contributed by atoms with Crippen molar-refractivity contribution in [3.05, 3.63) is 35.9 Å². The summed E-state index contributed by atoms with van der Waals surface area (Å²) in [6, 6.07) is 10.0. The molecule has 1 aliphatic carbocycles. The largest absolute Gasteiger partial charge is 0.251 e. The molecule has 0 amide bonds. The topological polar surface area (TPSA) is 29.5 Å². The molecule has 0 radical (unpaired) electrons. The average molecular weight is 250 g/mol. The minimum absolute atomic E-state index is 0.145. The quantitative estimate of drug-likeness (QED) is 0.599. The molecule has 1 unspecified atom stereocenters. The van der Waals surface area contributed by atoms with Crippen LogP contribution in [0.1, 0.15) is 58.1 Å². The monoisotopic (exact) mass is 250 g/mol. The van der Waals surface area contributed by atoms with E-state index in [-0.39, 0.29) is 6.10 Å². The van der Waals surface area contributed by atoms with Gasteiger partial charge in [-0.1, -0.05) is 63.9 Å². The summed E-state index contributed by atoms with van der Waals surface area (Å²) in [6.45, 7) is 6.30. The Kier molecular flexibility index (Phi) is 6.99. The molecule has 0 aliphatic heterocycles. The first-order valence-electron chi connectivity index (χ1n) is 7.16. The maximum atomic E-state index is 9.10. The summed E-state index contributed by atoms with van der Waals surface area (Å²) in [5, 5.41) is 9.10. The van der Waals surface area contributed by atoms with E-state index in [9.17, 15) is 0 Å². The molecule has 1 aromatic carbocycles. The van der Waals surface area contributed by atoms with Crippen LogP contribution in [0.4, 0.5) is 0 Å². The van der Waals surface area contributed by atoms with Crippen molar-refractivity contribution in [2.75, 3.05) is 0 Å². The van der Waals surface area contributed by atoms with Crippen LogP contribution in [-0.2, 0) is 4.89 Å². The first-order chi connectivity index (χ1) is 8.81. The van der Waals surface area contributed by atoms with E-state index in [1.807, 2.05) is 44.2 Å². The van der Waals surface area contributed by atoms with E-state index in [2.05, 4.69) is 6.92 Å². The number of benzene rings is 1. The van der Waals surface area contributed by atoms with Crippen molar-refractivity contribution in [3.8, 4) is 0 Å². The average Bonchev–Trinajstić information content (AvgIpc) is 2.45. The lowest BCUT2D eigenvalue weighted by molar-refractivity contribution is -0.296. The van der Waals surface area contributed by atoms with Crippen LogP contribution in [-0.4, -0.2) is 5.26 Å². The van der Waals surface area contributed by atoms with Crippen LogP contribution in [0, 0.1) is 11.8 Å². The Morgan fingerprint density at radius 1 is 1.06 bits per heavy atom. The predicted molar refractivity (Wildman–Crippen MR) is 75.4 cm³/mol. The van der Waals surface area contributed by atoms with Crippen molar-refractivity contribution in [2.45, 2.75) is 52.6 Å². The molecule has 1 saturated carbocycles. The summed E-state index contributed by atoms with van der Waals surface area (Å²) in [5.74, 6) is 1.29. The highest BCUT2D eigenvalue weighted by molar-refractivity contribution is 5.18. The number of rotatable bonds is 3. The van der Waals surface area contributed by atoms with Gasteiger partial charge in [0.25, 0.3) is 0 Å². The Labute approximate surface area is 111 Å². The molecule has 0 saturated heterocycles. The third-order valence-corrected chi connectivity index (χ3v) is 3.73. The fourth-order valence-corrected chi connectivity index (χ4v) is 2.65. The van der Waals surface area contributed by atoms with Gasteiger partial charge in [0.05, 0.1) is 0 Å². The van der Waals surface area contributed by atoms with E-state index in [0.29, 0.717) is 5.92 Å². The lowest BCUT2D eigenvalue weighted by Crippen LogP contribution is -2.20. The fraction of sp³-hybridized carbons (Fsp3) is 0.625. The molecule has 1 aromatic rings. The van der Waals surface area contributed by atoms with Gasteiger partial charge in [0.15, 0.2) is 0 Å². The van der Waals surface area contributed by atoms with Crippen LogP contribution in [0.15, 0.2) is 30.3 Å².